The first-order valence-corrected chi connectivity index (χ1v) is 34.9. The highest BCUT2D eigenvalue weighted by Gasteiger charge is 2.34. The number of Topliss-reactive ketones (excluding diaryl/α,β-unsaturated/α-hetero) is 1. The van der Waals surface area contributed by atoms with E-state index in [0.29, 0.717) is 37.2 Å². The quantitative estimate of drug-likeness (QED) is 0.0359. The highest BCUT2D eigenvalue weighted by molar-refractivity contribution is 5.93. The topological polar surface area (TPSA) is 478 Å². The fourth-order valence-electron chi connectivity index (χ4n) is 12.5. The number of carbonyl (C=O) groups excluding carboxylic acids is 7. The van der Waals surface area contributed by atoms with Gasteiger partial charge in [0.05, 0.1) is 38.5 Å². The zero-order chi connectivity index (χ0) is 75.7. The number of carbonyl (C=O) groups is 14. The van der Waals surface area contributed by atoms with Crippen LogP contribution in [0.4, 0.5) is 4.79 Å². The second-order valence-electron chi connectivity index (χ2n) is 27.0. The minimum atomic E-state index is -1.59. The highest BCUT2D eigenvalue weighted by atomic mass is 16.4. The summed E-state index contributed by atoms with van der Waals surface area (Å²) in [5.41, 5.74) is 2.50. The maximum absolute atomic E-state index is 14.4. The molecule has 1 saturated carbocycles. The number of rotatable bonds is 41. The summed E-state index contributed by atoms with van der Waals surface area (Å²) in [6.45, 7) is 4.99. The molecule has 32 nitrogen and oxygen atoms in total. The summed E-state index contributed by atoms with van der Waals surface area (Å²) in [6.07, 6.45) is 0.997. The molecule has 14 N–H and O–H groups in total. The average molecular weight is 1440 g/mol. The Bertz CT molecular complexity index is 3370. The van der Waals surface area contributed by atoms with Crippen molar-refractivity contribution in [1.29, 1.82) is 0 Å². The van der Waals surface area contributed by atoms with Crippen molar-refractivity contribution < 1.29 is 103 Å². The molecule has 2 aliphatic rings. The molecule has 3 aromatic rings. The van der Waals surface area contributed by atoms with Crippen LogP contribution >= 0.6 is 0 Å². The number of aliphatic carboxylic acids is 7. The van der Waals surface area contributed by atoms with E-state index < -0.39 is 152 Å². The van der Waals surface area contributed by atoms with Gasteiger partial charge in [0.2, 0.25) is 29.5 Å². The van der Waals surface area contributed by atoms with Gasteiger partial charge in [-0.05, 0) is 117 Å². The maximum atomic E-state index is 14.4. The molecule has 3 aromatic carbocycles. The Morgan fingerprint density at radius 1 is 0.447 bits per heavy atom. The molecule has 566 valence electrons. The van der Waals surface area contributed by atoms with E-state index in [4.69, 9.17) is 5.11 Å². The zero-order valence-corrected chi connectivity index (χ0v) is 58.7. The van der Waals surface area contributed by atoms with Crippen LogP contribution in [0.3, 0.4) is 0 Å². The summed E-state index contributed by atoms with van der Waals surface area (Å²) in [5.74, 6) is -14.2. The Morgan fingerprint density at radius 2 is 0.961 bits per heavy atom. The lowest BCUT2D eigenvalue weighted by atomic mass is 9.77. The molecule has 2 fully saturated rings. The summed E-state index contributed by atoms with van der Waals surface area (Å²) in [4.78, 5) is 186. The molecule has 7 amide bonds. The fourth-order valence-corrected chi connectivity index (χ4v) is 12.5. The molecule has 0 aromatic heterocycles. The number of amides is 7. The van der Waals surface area contributed by atoms with Crippen LogP contribution in [0.5, 0.6) is 0 Å². The van der Waals surface area contributed by atoms with Gasteiger partial charge in [-0.2, -0.15) is 0 Å². The van der Waals surface area contributed by atoms with Crippen LogP contribution < -0.4 is 37.2 Å². The van der Waals surface area contributed by atoms with Crippen LogP contribution in [0.15, 0.2) is 66.7 Å². The molecule has 103 heavy (non-hydrogen) atoms. The Morgan fingerprint density at radius 3 is 1.49 bits per heavy atom. The number of urea groups is 1. The van der Waals surface area contributed by atoms with Gasteiger partial charge in [0, 0.05) is 96.7 Å². The highest BCUT2D eigenvalue weighted by Crippen LogP contribution is 2.32. The molecule has 6 unspecified atom stereocenters. The molecule has 1 aliphatic heterocycles. The van der Waals surface area contributed by atoms with Gasteiger partial charge < -0.3 is 73.0 Å². The van der Waals surface area contributed by atoms with Crippen molar-refractivity contribution >= 4 is 93.9 Å². The van der Waals surface area contributed by atoms with Crippen molar-refractivity contribution in [3.05, 3.63) is 83.4 Å². The van der Waals surface area contributed by atoms with E-state index in [1.54, 1.807) is 38.7 Å². The Hall–Kier alpha value is -9.66. The van der Waals surface area contributed by atoms with Gasteiger partial charge in [-0.25, -0.2) is 14.4 Å². The van der Waals surface area contributed by atoms with Crippen molar-refractivity contribution in [3.8, 4) is 0 Å². The van der Waals surface area contributed by atoms with E-state index in [1.807, 2.05) is 54.6 Å². The Labute approximate surface area is 597 Å². The van der Waals surface area contributed by atoms with Crippen LogP contribution in [0.1, 0.15) is 120 Å². The van der Waals surface area contributed by atoms with Crippen LogP contribution in [-0.4, -0.2) is 261 Å². The van der Waals surface area contributed by atoms with Crippen molar-refractivity contribution in [2.45, 2.75) is 141 Å². The van der Waals surface area contributed by atoms with Crippen molar-refractivity contribution in [2.75, 3.05) is 98.2 Å². The van der Waals surface area contributed by atoms with Crippen LogP contribution in [0.2, 0.25) is 0 Å². The molecular formula is C71H101N11O21. The van der Waals surface area contributed by atoms with Crippen LogP contribution in [0, 0.1) is 23.7 Å². The van der Waals surface area contributed by atoms with Gasteiger partial charge >= 0.3 is 47.8 Å². The lowest BCUT2D eigenvalue weighted by Gasteiger charge is -2.33. The number of carboxylic acids is 7. The molecule has 0 bridgehead atoms. The predicted octanol–water partition coefficient (Wildman–Crippen LogP) is 1.67. The number of nitrogens with zero attached hydrogens (tertiary/aromatic N) is 4. The summed E-state index contributed by atoms with van der Waals surface area (Å²) < 4.78 is 0. The number of carboxylic acid groups (broad SMARTS) is 7. The SMILES string of the molecule is CC(C)Cc1ccc(C(C)C(=O)NC(CC(=O)O)C(=O)NCCC(NC(=O)CN2CCN(CC(=O)O)CCN(CC(=O)O)CCN(CC(=O)O)CC2)C(=O)NCC2CCC(C(=O)CC(Cc3ccc4ccccc4c3)C(=O)NCCCCC(NC(=O)NC(CCC(=O)O)C(=O)O)C(=O)O)CC2)cc1. The molecule has 0 radical (unpaired) electrons. The van der Waals surface area contributed by atoms with E-state index in [2.05, 4.69) is 51.1 Å². The molecule has 32 heteroatoms. The minimum absolute atomic E-state index is 0.0784. The molecule has 1 saturated heterocycles. The number of nitrogens with one attached hydrogen (secondary N) is 7. The molecule has 1 heterocycles. The number of fused-ring (bicyclic) bond motifs is 1. The van der Waals surface area contributed by atoms with E-state index in [-0.39, 0.29) is 135 Å². The molecule has 0 spiro atoms. The molecule has 6 atom stereocenters. The normalized spacial score (nSPS) is 17.6. The van der Waals surface area contributed by atoms with E-state index in [0.717, 1.165) is 28.3 Å². The third-order valence-electron chi connectivity index (χ3n) is 18.3. The van der Waals surface area contributed by atoms with Gasteiger partial charge in [-0.15, -0.1) is 0 Å². The molecular weight excluding hydrogens is 1340 g/mol. The van der Waals surface area contributed by atoms with Crippen molar-refractivity contribution in [2.24, 2.45) is 23.7 Å². The summed E-state index contributed by atoms with van der Waals surface area (Å²) in [5, 5.41) is 87.0. The maximum Gasteiger partial charge on any atom is 0.326 e. The Balaban J connectivity index is 1.26. The smallest absolute Gasteiger partial charge is 0.326 e. The third kappa shape index (κ3) is 31.6. The summed E-state index contributed by atoms with van der Waals surface area (Å²) in [6, 6.07) is 13.8. The van der Waals surface area contributed by atoms with Gasteiger partial charge in [0.15, 0.2) is 0 Å². The lowest BCUT2D eigenvalue weighted by molar-refractivity contribution is -0.141. The second kappa shape index (κ2) is 43.3. The van der Waals surface area contributed by atoms with Crippen molar-refractivity contribution in [3.63, 3.8) is 0 Å². The largest absolute Gasteiger partial charge is 0.481 e. The van der Waals surface area contributed by atoms with Gasteiger partial charge in [0.25, 0.3) is 0 Å². The fraction of sp³-hybridized carbons (Fsp3) is 0.577. The van der Waals surface area contributed by atoms with Crippen LogP contribution in [-0.2, 0) is 75.2 Å². The number of hydrogen-bond acceptors (Lipinski definition) is 18. The van der Waals surface area contributed by atoms with Gasteiger partial charge in [-0.3, -0.25) is 72.3 Å². The molecule has 1 aliphatic carbocycles. The standard InChI is InChI=1S/C71H101N11O21/c1-44(2)34-46-11-16-49(17-12-46)45(3)65(95)76-57(38-61(87)88)68(98)73-25-23-54(75-59(84)40-79-26-28-80(41-62(89)90)30-32-82(43-64(93)94)33-31-81(29-27-79)42-63(91)92)67(97)74-39-47-13-19-51(20-14-47)58(83)37-53(36-48-15-18-50-8-4-5-9-52(50)35-48)66(96)72-24-7-6-10-55(69(99)100)77-71(103)78-56(70(101)102)21-22-60(85)86/h4-5,8-9,11-12,15-18,35,44-45,47,51,53-57H,6-7,10,13-14,19-34,36-43H2,1-3H3,(H,72,96)(H,73,98)(H,74,97)(H,75,84)(H,76,95)(H,85,86)(H,87,88)(H,89,90)(H,91,92)(H,93,94)(H,99,100)(H,101,102)(H2,77,78,103). The van der Waals surface area contributed by atoms with E-state index in [9.17, 15) is 97.8 Å². The molecule has 5 rings (SSSR count). The first-order valence-electron chi connectivity index (χ1n) is 34.9. The number of benzene rings is 3. The summed E-state index contributed by atoms with van der Waals surface area (Å²) >= 11 is 0. The van der Waals surface area contributed by atoms with E-state index >= 15 is 0 Å². The van der Waals surface area contributed by atoms with Gasteiger partial charge in [0.1, 0.15) is 30.0 Å². The Kier molecular flexibility index (Phi) is 35.3. The third-order valence-corrected chi connectivity index (χ3v) is 18.3. The number of ketones is 1. The minimum Gasteiger partial charge on any atom is -0.481 e. The number of hydrogen-bond donors (Lipinski definition) is 14. The van der Waals surface area contributed by atoms with Gasteiger partial charge in [-0.1, -0.05) is 80.6 Å². The summed E-state index contributed by atoms with van der Waals surface area (Å²) in [7, 11) is 0. The second-order valence-corrected chi connectivity index (χ2v) is 27.0. The number of unbranched alkanes of at least 4 members (excludes halogenated alkanes) is 1. The monoisotopic (exact) mass is 1440 g/mol. The van der Waals surface area contributed by atoms with E-state index in [1.165, 1.54) is 0 Å². The first kappa shape index (κ1) is 84.0. The van der Waals surface area contributed by atoms with Crippen molar-refractivity contribution in [1.82, 2.24) is 56.8 Å². The zero-order valence-electron chi connectivity index (χ0n) is 58.7. The average Bonchev–Trinajstić information content (AvgIpc) is 0.809. The van der Waals surface area contributed by atoms with Crippen LogP contribution in [0.25, 0.3) is 10.8 Å². The first-order chi connectivity index (χ1) is 48.9. The lowest BCUT2D eigenvalue weighted by Crippen LogP contribution is -2.54. The predicted molar refractivity (Wildman–Crippen MR) is 373 cm³/mol.